The average Bonchev–Trinajstić information content (AvgIpc) is 2.91. The molecule has 3 nitrogen and oxygen atoms in total. The Morgan fingerprint density at radius 2 is 1.83 bits per heavy atom. The van der Waals surface area contributed by atoms with E-state index in [4.69, 9.17) is 16.0 Å². The molecule has 126 valence electrons. The van der Waals surface area contributed by atoms with Gasteiger partial charge in [-0.3, -0.25) is 4.79 Å². The van der Waals surface area contributed by atoms with Gasteiger partial charge < -0.3 is 4.42 Å². The average molecular weight is 344 g/mol. The lowest BCUT2D eigenvalue weighted by atomic mass is 9.51. The predicted octanol–water partition coefficient (Wildman–Crippen LogP) is 5.06. The molecule has 0 radical (unpaired) electrons. The van der Waals surface area contributed by atoms with Crippen LogP contribution in [0.15, 0.2) is 22.6 Å². The van der Waals surface area contributed by atoms with Crippen LogP contribution in [0.4, 0.5) is 0 Å². The third-order valence-corrected chi connectivity index (χ3v) is 6.86. The van der Waals surface area contributed by atoms with Crippen LogP contribution in [0, 0.1) is 29.6 Å². The van der Waals surface area contributed by atoms with E-state index in [9.17, 15) is 4.79 Å². The summed E-state index contributed by atoms with van der Waals surface area (Å²) >= 11 is 5.98. The highest BCUT2D eigenvalue weighted by Gasteiger charge is 2.48. The van der Waals surface area contributed by atoms with Crippen LogP contribution in [0.2, 0.25) is 5.02 Å². The van der Waals surface area contributed by atoms with E-state index >= 15 is 0 Å². The number of carbonyl (C=O) groups excluding carboxylic acids is 1. The summed E-state index contributed by atoms with van der Waals surface area (Å²) in [5.74, 6) is 4.94. The van der Waals surface area contributed by atoms with E-state index in [-0.39, 0.29) is 5.78 Å². The van der Waals surface area contributed by atoms with E-state index in [1.165, 1.54) is 32.1 Å². The largest absolute Gasteiger partial charge is 0.440 e. The first-order valence-electron chi connectivity index (χ1n) is 9.20. The lowest BCUT2D eigenvalue weighted by Crippen LogP contribution is -2.45. The van der Waals surface area contributed by atoms with Gasteiger partial charge in [0.15, 0.2) is 5.58 Å². The van der Waals surface area contributed by atoms with Crippen molar-refractivity contribution in [2.45, 2.75) is 44.9 Å². The zero-order valence-corrected chi connectivity index (χ0v) is 14.5. The lowest BCUT2D eigenvalue weighted by molar-refractivity contribution is -0.123. The minimum absolute atomic E-state index is 0.283. The van der Waals surface area contributed by atoms with E-state index in [1.807, 2.05) is 6.07 Å². The number of benzene rings is 1. The normalized spacial score (nSPS) is 34.1. The fourth-order valence-corrected chi connectivity index (χ4v) is 6.07. The first-order valence-corrected chi connectivity index (χ1v) is 9.58. The van der Waals surface area contributed by atoms with Crippen molar-refractivity contribution in [1.82, 2.24) is 4.98 Å². The third kappa shape index (κ3) is 2.57. The minimum Gasteiger partial charge on any atom is -0.440 e. The maximum atomic E-state index is 12.6. The van der Waals surface area contributed by atoms with Crippen LogP contribution in [0.1, 0.15) is 44.4 Å². The Bertz CT molecular complexity index is 768. The molecule has 2 aromatic rings. The number of nitrogens with zero attached hydrogens (tertiary/aromatic N) is 1. The molecule has 24 heavy (non-hydrogen) atoms. The molecule has 0 spiro atoms. The number of rotatable bonds is 4. The second-order valence-electron chi connectivity index (χ2n) is 8.23. The monoisotopic (exact) mass is 343 g/mol. The topological polar surface area (TPSA) is 43.1 Å². The molecule has 6 rings (SSSR count). The molecule has 4 bridgehead atoms. The van der Waals surface area contributed by atoms with Crippen molar-refractivity contribution in [3.8, 4) is 0 Å². The number of halogens is 1. The number of ketones is 1. The van der Waals surface area contributed by atoms with Gasteiger partial charge in [0.2, 0.25) is 5.89 Å². The Labute approximate surface area is 146 Å². The molecular formula is C20H22ClNO2. The number of Topliss-reactive ketones (excluding diaryl/α,β-unsaturated/α-hetero) is 1. The predicted molar refractivity (Wildman–Crippen MR) is 92.9 cm³/mol. The summed E-state index contributed by atoms with van der Waals surface area (Å²) in [6.45, 7) is 0. The van der Waals surface area contributed by atoms with Crippen LogP contribution in [0.25, 0.3) is 11.1 Å². The summed E-state index contributed by atoms with van der Waals surface area (Å²) in [4.78, 5) is 17.0. The van der Waals surface area contributed by atoms with Crippen molar-refractivity contribution in [1.29, 1.82) is 0 Å². The van der Waals surface area contributed by atoms with Crippen molar-refractivity contribution in [3.63, 3.8) is 0 Å². The van der Waals surface area contributed by atoms with Gasteiger partial charge in [0.05, 0.1) is 6.42 Å². The lowest BCUT2D eigenvalue weighted by Gasteiger charge is -2.54. The van der Waals surface area contributed by atoms with Gasteiger partial charge in [0.25, 0.3) is 0 Å². The molecule has 0 atom stereocenters. The maximum absolute atomic E-state index is 12.6. The summed E-state index contributed by atoms with van der Waals surface area (Å²) in [5, 5.41) is 0.641. The molecule has 0 N–H and O–H groups in total. The fraction of sp³-hybridized carbons (Fsp3) is 0.600. The van der Waals surface area contributed by atoms with E-state index < -0.39 is 0 Å². The number of aromatic nitrogens is 1. The number of carbonyl (C=O) groups is 1. The standard InChI is InChI=1S/C20H22ClNO2/c21-15-1-2-19-18(8-15)22-20(24-19)10-16(23)9-17-13-4-11-3-12(6-13)7-14(17)5-11/h1-2,8,11-14,17H,3-7,9-10H2. The molecule has 0 saturated heterocycles. The molecule has 1 aromatic heterocycles. The number of hydrogen-bond acceptors (Lipinski definition) is 3. The summed E-state index contributed by atoms with van der Waals surface area (Å²) in [5.41, 5.74) is 1.44. The van der Waals surface area contributed by atoms with Crippen LogP contribution < -0.4 is 0 Å². The van der Waals surface area contributed by atoms with Crippen LogP contribution in [0.3, 0.4) is 0 Å². The zero-order chi connectivity index (χ0) is 16.3. The van der Waals surface area contributed by atoms with Crippen molar-refractivity contribution in [3.05, 3.63) is 29.1 Å². The zero-order valence-electron chi connectivity index (χ0n) is 13.7. The second-order valence-corrected chi connectivity index (χ2v) is 8.67. The van der Waals surface area contributed by atoms with Gasteiger partial charge in [-0.25, -0.2) is 4.98 Å². The number of fused-ring (bicyclic) bond motifs is 1. The molecule has 4 saturated carbocycles. The van der Waals surface area contributed by atoms with Crippen LogP contribution in [-0.4, -0.2) is 10.8 Å². The summed E-state index contributed by atoms with van der Waals surface area (Å²) in [7, 11) is 0. The van der Waals surface area contributed by atoms with Gasteiger partial charge in [-0.1, -0.05) is 11.6 Å². The number of oxazole rings is 1. The van der Waals surface area contributed by atoms with Crippen molar-refractivity contribution < 1.29 is 9.21 Å². The van der Waals surface area contributed by atoms with E-state index in [0.29, 0.717) is 35.3 Å². The van der Waals surface area contributed by atoms with Gasteiger partial charge in [0.1, 0.15) is 11.3 Å². The van der Waals surface area contributed by atoms with E-state index in [2.05, 4.69) is 4.98 Å². The van der Waals surface area contributed by atoms with Crippen molar-refractivity contribution in [2.75, 3.05) is 0 Å². The highest BCUT2D eigenvalue weighted by molar-refractivity contribution is 6.31. The molecule has 0 aliphatic heterocycles. The van der Waals surface area contributed by atoms with Gasteiger partial charge >= 0.3 is 0 Å². The second kappa shape index (κ2) is 5.59. The Morgan fingerprint density at radius 1 is 1.12 bits per heavy atom. The highest BCUT2D eigenvalue weighted by Crippen LogP contribution is 2.57. The molecule has 4 aliphatic rings. The maximum Gasteiger partial charge on any atom is 0.202 e. The smallest absolute Gasteiger partial charge is 0.202 e. The Balaban J connectivity index is 1.28. The Hall–Kier alpha value is -1.35. The molecule has 4 aliphatic carbocycles. The first-order chi connectivity index (χ1) is 11.6. The molecule has 0 amide bonds. The van der Waals surface area contributed by atoms with E-state index in [0.717, 1.165) is 29.2 Å². The van der Waals surface area contributed by atoms with Gasteiger partial charge in [-0.15, -0.1) is 0 Å². The van der Waals surface area contributed by atoms with Crippen molar-refractivity contribution >= 4 is 28.5 Å². The molecular weight excluding hydrogens is 322 g/mol. The molecule has 4 fully saturated rings. The molecule has 1 aromatic carbocycles. The molecule has 0 unspecified atom stereocenters. The third-order valence-electron chi connectivity index (χ3n) is 6.63. The van der Waals surface area contributed by atoms with Crippen LogP contribution in [0.5, 0.6) is 0 Å². The van der Waals surface area contributed by atoms with Crippen molar-refractivity contribution in [2.24, 2.45) is 29.6 Å². The van der Waals surface area contributed by atoms with Gasteiger partial charge in [0, 0.05) is 11.4 Å². The van der Waals surface area contributed by atoms with E-state index in [1.54, 1.807) is 12.1 Å². The van der Waals surface area contributed by atoms with Crippen LogP contribution >= 0.6 is 11.6 Å². The highest BCUT2D eigenvalue weighted by atomic mass is 35.5. The van der Waals surface area contributed by atoms with Gasteiger partial charge in [-0.2, -0.15) is 0 Å². The Kier molecular flexibility index (Phi) is 3.48. The van der Waals surface area contributed by atoms with Crippen LogP contribution in [-0.2, 0) is 11.2 Å². The quantitative estimate of drug-likeness (QED) is 0.779. The first kappa shape index (κ1) is 14.9. The minimum atomic E-state index is 0.283. The molecule has 4 heteroatoms. The SMILES string of the molecule is O=C(Cc1nc2cc(Cl)ccc2o1)CC1C2CC3CC(C2)CC1C3. The fourth-order valence-electron chi connectivity index (χ4n) is 5.90. The Morgan fingerprint density at radius 3 is 2.54 bits per heavy atom. The summed E-state index contributed by atoms with van der Waals surface area (Å²) in [6, 6.07) is 5.39. The number of hydrogen-bond donors (Lipinski definition) is 0. The van der Waals surface area contributed by atoms with Gasteiger partial charge in [-0.05, 0) is 79.9 Å². The molecule has 1 heterocycles. The summed E-state index contributed by atoms with van der Waals surface area (Å²) in [6.07, 6.45) is 7.96. The summed E-state index contributed by atoms with van der Waals surface area (Å²) < 4.78 is 5.71.